The summed E-state index contributed by atoms with van der Waals surface area (Å²) in [5.41, 5.74) is -1.40. The van der Waals surface area contributed by atoms with Gasteiger partial charge >= 0.3 is 5.97 Å². The van der Waals surface area contributed by atoms with Gasteiger partial charge in [0.2, 0.25) is 5.60 Å². The Hall–Kier alpha value is -2.64. The van der Waals surface area contributed by atoms with E-state index in [2.05, 4.69) is 4.98 Å². The molecule has 1 unspecified atom stereocenters. The van der Waals surface area contributed by atoms with Crippen LogP contribution in [0.25, 0.3) is 0 Å². The van der Waals surface area contributed by atoms with Gasteiger partial charge in [-0.15, -0.1) is 0 Å². The first-order chi connectivity index (χ1) is 12.4. The second-order valence-electron chi connectivity index (χ2n) is 5.96. The van der Waals surface area contributed by atoms with Crippen molar-refractivity contribution < 1.29 is 24.1 Å². The van der Waals surface area contributed by atoms with Crippen molar-refractivity contribution in [1.29, 1.82) is 0 Å². The first kappa shape index (κ1) is 19.7. The van der Waals surface area contributed by atoms with Crippen LogP contribution in [-0.4, -0.2) is 62.4 Å². The summed E-state index contributed by atoms with van der Waals surface area (Å²) in [7, 11) is 6.74. The zero-order valence-corrected chi connectivity index (χ0v) is 15.4. The van der Waals surface area contributed by atoms with Gasteiger partial charge in [-0.25, -0.2) is 4.79 Å². The van der Waals surface area contributed by atoms with Gasteiger partial charge in [0.05, 0.1) is 14.2 Å². The molecule has 7 heteroatoms. The number of rotatable bonds is 8. The smallest absolute Gasteiger partial charge is 0.347 e. The third kappa shape index (κ3) is 4.12. The van der Waals surface area contributed by atoms with Crippen LogP contribution in [0.2, 0.25) is 0 Å². The molecule has 0 radical (unpaired) electrons. The summed E-state index contributed by atoms with van der Waals surface area (Å²) < 4.78 is 15.8. The van der Waals surface area contributed by atoms with E-state index in [4.69, 9.17) is 14.2 Å². The fourth-order valence-electron chi connectivity index (χ4n) is 2.47. The molecule has 0 spiro atoms. The molecule has 0 bridgehead atoms. The molecule has 1 aromatic carbocycles. The molecule has 1 atom stereocenters. The summed E-state index contributed by atoms with van der Waals surface area (Å²) in [5.74, 6) is 0.110. The highest BCUT2D eigenvalue weighted by molar-refractivity contribution is 5.85. The number of carbonyl (C=O) groups is 1. The van der Waals surface area contributed by atoms with E-state index in [1.165, 1.54) is 20.4 Å². The Kier molecular flexibility index (Phi) is 6.54. The van der Waals surface area contributed by atoms with E-state index in [1.54, 1.807) is 36.5 Å². The normalized spacial score (nSPS) is 13.2. The average Bonchev–Trinajstić information content (AvgIpc) is 2.67. The van der Waals surface area contributed by atoms with Crippen molar-refractivity contribution in [2.75, 3.05) is 41.5 Å². The Bertz CT molecular complexity index is 736. The van der Waals surface area contributed by atoms with Crippen LogP contribution < -0.4 is 9.47 Å². The highest BCUT2D eigenvalue weighted by atomic mass is 16.6. The molecule has 7 nitrogen and oxygen atoms in total. The van der Waals surface area contributed by atoms with Gasteiger partial charge in [0.25, 0.3) is 0 Å². The van der Waals surface area contributed by atoms with Gasteiger partial charge in [0.1, 0.15) is 6.61 Å². The van der Waals surface area contributed by atoms with Crippen molar-refractivity contribution in [3.63, 3.8) is 0 Å². The zero-order valence-electron chi connectivity index (χ0n) is 15.4. The maximum atomic E-state index is 12.8. The Morgan fingerprint density at radius 3 is 2.46 bits per heavy atom. The third-order valence-electron chi connectivity index (χ3n) is 3.95. The van der Waals surface area contributed by atoms with E-state index < -0.39 is 11.6 Å². The number of likely N-dealkylation sites (N-methyl/N-ethyl adjacent to an activating group) is 1. The van der Waals surface area contributed by atoms with Gasteiger partial charge in [-0.2, -0.15) is 0 Å². The molecule has 0 aliphatic rings. The lowest BCUT2D eigenvalue weighted by atomic mass is 9.87. The number of aliphatic hydroxyl groups is 1. The lowest BCUT2D eigenvalue weighted by Gasteiger charge is -2.27. The molecule has 2 rings (SSSR count). The summed E-state index contributed by atoms with van der Waals surface area (Å²) >= 11 is 0. The van der Waals surface area contributed by atoms with Crippen molar-refractivity contribution in [3.05, 3.63) is 53.9 Å². The van der Waals surface area contributed by atoms with Crippen molar-refractivity contribution >= 4 is 5.97 Å². The summed E-state index contributed by atoms with van der Waals surface area (Å²) in [5, 5.41) is 11.3. The molecule has 1 N–H and O–H groups in total. The Balaban J connectivity index is 2.46. The van der Waals surface area contributed by atoms with E-state index in [9.17, 15) is 9.90 Å². The number of aromatic nitrogens is 1. The van der Waals surface area contributed by atoms with E-state index in [0.717, 1.165) is 0 Å². The van der Waals surface area contributed by atoms with Crippen LogP contribution in [0.4, 0.5) is 0 Å². The molecule has 26 heavy (non-hydrogen) atoms. The number of hydrogen-bond acceptors (Lipinski definition) is 7. The molecular weight excluding hydrogens is 336 g/mol. The number of benzene rings is 1. The van der Waals surface area contributed by atoms with Crippen LogP contribution in [0.1, 0.15) is 11.1 Å². The monoisotopic (exact) mass is 360 g/mol. The van der Waals surface area contributed by atoms with Crippen LogP contribution >= 0.6 is 0 Å². The van der Waals surface area contributed by atoms with E-state index in [-0.39, 0.29) is 6.61 Å². The van der Waals surface area contributed by atoms with E-state index in [1.807, 2.05) is 19.0 Å². The number of nitrogens with zero attached hydrogens (tertiary/aromatic N) is 2. The second kappa shape index (κ2) is 8.64. The molecule has 140 valence electrons. The van der Waals surface area contributed by atoms with Gasteiger partial charge in [-0.05, 0) is 32.3 Å². The second-order valence-corrected chi connectivity index (χ2v) is 5.96. The molecule has 1 aromatic heterocycles. The molecular formula is C19H24N2O5. The summed E-state index contributed by atoms with van der Waals surface area (Å²) in [6, 6.07) is 8.05. The van der Waals surface area contributed by atoms with Crippen molar-refractivity contribution in [1.82, 2.24) is 9.88 Å². The first-order valence-electron chi connectivity index (χ1n) is 8.10. The van der Waals surface area contributed by atoms with Crippen molar-refractivity contribution in [2.24, 2.45) is 0 Å². The minimum Gasteiger partial charge on any atom is -0.493 e. The summed E-state index contributed by atoms with van der Waals surface area (Å²) in [4.78, 5) is 18.7. The summed E-state index contributed by atoms with van der Waals surface area (Å²) in [6.07, 6.45) is 3.00. The Morgan fingerprint density at radius 2 is 1.88 bits per heavy atom. The van der Waals surface area contributed by atoms with Crippen LogP contribution in [0.5, 0.6) is 11.5 Å². The highest BCUT2D eigenvalue weighted by Gasteiger charge is 2.42. The molecule has 0 aliphatic carbocycles. The topological polar surface area (TPSA) is 81.1 Å². The van der Waals surface area contributed by atoms with Crippen molar-refractivity contribution in [2.45, 2.75) is 5.60 Å². The van der Waals surface area contributed by atoms with E-state index in [0.29, 0.717) is 29.2 Å². The van der Waals surface area contributed by atoms with Crippen molar-refractivity contribution in [3.8, 4) is 11.5 Å². The van der Waals surface area contributed by atoms with Gasteiger partial charge < -0.3 is 24.2 Å². The third-order valence-corrected chi connectivity index (χ3v) is 3.95. The lowest BCUT2D eigenvalue weighted by molar-refractivity contribution is -0.162. The number of carbonyl (C=O) groups excluding carboxylic acids is 1. The maximum Gasteiger partial charge on any atom is 0.347 e. The van der Waals surface area contributed by atoms with Crippen LogP contribution in [0.3, 0.4) is 0 Å². The summed E-state index contributed by atoms with van der Waals surface area (Å²) in [6.45, 7) is 0.697. The molecule has 0 saturated heterocycles. The fraction of sp³-hybridized carbons (Fsp3) is 0.368. The van der Waals surface area contributed by atoms with Gasteiger partial charge in [0.15, 0.2) is 11.5 Å². The Labute approximate surface area is 153 Å². The van der Waals surface area contributed by atoms with E-state index >= 15 is 0 Å². The molecule has 0 aliphatic heterocycles. The molecule has 1 heterocycles. The predicted octanol–water partition coefficient (Wildman–Crippen LogP) is 1.44. The number of methoxy groups -OCH3 is 2. The largest absolute Gasteiger partial charge is 0.493 e. The number of ether oxygens (including phenoxy) is 3. The van der Waals surface area contributed by atoms with Gasteiger partial charge in [-0.3, -0.25) is 4.98 Å². The fourth-order valence-corrected chi connectivity index (χ4v) is 2.47. The highest BCUT2D eigenvalue weighted by Crippen LogP contribution is 2.36. The van der Waals surface area contributed by atoms with Gasteiger partial charge in [-0.1, -0.05) is 12.1 Å². The molecule has 0 saturated carbocycles. The number of pyridine rings is 1. The lowest BCUT2D eigenvalue weighted by Crippen LogP contribution is -2.39. The zero-order chi connectivity index (χ0) is 19.2. The molecule has 0 amide bonds. The van der Waals surface area contributed by atoms with Crippen LogP contribution in [0.15, 0.2) is 42.7 Å². The number of esters is 1. The van der Waals surface area contributed by atoms with Crippen LogP contribution in [0, 0.1) is 0 Å². The quantitative estimate of drug-likeness (QED) is 0.714. The minimum atomic E-state index is -2.01. The predicted molar refractivity (Wildman–Crippen MR) is 96.3 cm³/mol. The Morgan fingerprint density at radius 1 is 1.15 bits per heavy atom. The average molecular weight is 360 g/mol. The standard InChI is InChI=1S/C19H24N2O5/c1-21(2)10-11-26-18(22)19(23,15-6-5-9-20-13-15)14-7-8-16(24-3)17(12-14)25-4/h5-9,12-13,23H,10-11H2,1-4H3. The number of hydrogen-bond donors (Lipinski definition) is 1. The maximum absolute atomic E-state index is 12.8. The van der Waals surface area contributed by atoms with Crippen LogP contribution in [-0.2, 0) is 15.1 Å². The molecule has 2 aromatic rings. The SMILES string of the molecule is COc1ccc(C(O)(C(=O)OCCN(C)C)c2cccnc2)cc1OC. The minimum absolute atomic E-state index is 0.154. The first-order valence-corrected chi connectivity index (χ1v) is 8.10. The van der Waals surface area contributed by atoms with Gasteiger partial charge in [0, 0.05) is 30.1 Å². The molecule has 0 fully saturated rings.